The molecule has 1 aliphatic heterocycles. The van der Waals surface area contributed by atoms with E-state index >= 15 is 0 Å². The number of rotatable bonds is 4. The fourth-order valence-electron chi connectivity index (χ4n) is 2.17. The maximum atomic E-state index is 11.6. The van der Waals surface area contributed by atoms with Crippen molar-refractivity contribution in [1.82, 2.24) is 0 Å². The molecular formula is C14H15NO4S. The Bertz CT molecular complexity index is 628. The summed E-state index contributed by atoms with van der Waals surface area (Å²) in [6.07, 6.45) is 0.684. The highest BCUT2D eigenvalue weighted by Crippen LogP contribution is 2.22. The molecule has 5 nitrogen and oxygen atoms in total. The molecule has 1 aliphatic rings. The summed E-state index contributed by atoms with van der Waals surface area (Å²) in [5.74, 6) is -0.246. The second-order valence-electron chi connectivity index (χ2n) is 4.94. The third kappa shape index (κ3) is 4.07. The normalized spacial score (nSPS) is 20.2. The molecule has 1 aromatic carbocycles. The Morgan fingerprint density at radius 2 is 2.05 bits per heavy atom. The van der Waals surface area contributed by atoms with E-state index in [0.717, 1.165) is 5.56 Å². The van der Waals surface area contributed by atoms with Gasteiger partial charge in [0, 0.05) is 6.42 Å². The Balaban J connectivity index is 1.79. The summed E-state index contributed by atoms with van der Waals surface area (Å²) in [5.41, 5.74) is 1.35. The molecule has 1 fully saturated rings. The lowest BCUT2D eigenvalue weighted by atomic mass is 10.1. The number of carbonyl (C=O) groups is 1. The number of carbonyl (C=O) groups excluding carboxylic acids is 1. The van der Waals surface area contributed by atoms with Crippen molar-refractivity contribution in [2.75, 3.05) is 11.5 Å². The zero-order chi connectivity index (χ0) is 14.6. The first-order valence-corrected chi connectivity index (χ1v) is 8.16. The van der Waals surface area contributed by atoms with Crippen LogP contribution in [0.15, 0.2) is 24.3 Å². The van der Waals surface area contributed by atoms with Gasteiger partial charge in [0.2, 0.25) is 0 Å². The van der Waals surface area contributed by atoms with E-state index in [1.807, 2.05) is 6.07 Å². The van der Waals surface area contributed by atoms with Gasteiger partial charge in [-0.3, -0.25) is 4.79 Å². The van der Waals surface area contributed by atoms with E-state index in [9.17, 15) is 13.2 Å². The molecule has 1 unspecified atom stereocenters. The van der Waals surface area contributed by atoms with Crippen molar-refractivity contribution >= 4 is 15.8 Å². The van der Waals surface area contributed by atoms with Crippen molar-refractivity contribution < 1.29 is 17.9 Å². The van der Waals surface area contributed by atoms with Crippen LogP contribution in [0.4, 0.5) is 0 Å². The molecule has 1 aromatic rings. The van der Waals surface area contributed by atoms with Crippen molar-refractivity contribution in [3.8, 4) is 6.07 Å². The van der Waals surface area contributed by atoms with Crippen LogP contribution in [-0.4, -0.2) is 25.9 Å². The Morgan fingerprint density at radius 3 is 2.60 bits per heavy atom. The Kier molecular flexibility index (Phi) is 4.40. The van der Waals surface area contributed by atoms with E-state index in [1.54, 1.807) is 24.3 Å². The SMILES string of the molecule is N#Cc1ccc(COC(=O)CC2CCS(=O)(=O)C2)cc1. The van der Waals surface area contributed by atoms with Gasteiger partial charge in [0.15, 0.2) is 9.84 Å². The average molecular weight is 293 g/mol. The predicted molar refractivity (Wildman–Crippen MR) is 72.3 cm³/mol. The highest BCUT2D eigenvalue weighted by molar-refractivity contribution is 7.91. The van der Waals surface area contributed by atoms with Gasteiger partial charge in [0.05, 0.1) is 23.1 Å². The van der Waals surface area contributed by atoms with E-state index in [1.165, 1.54) is 0 Å². The molecule has 106 valence electrons. The quantitative estimate of drug-likeness (QED) is 0.784. The van der Waals surface area contributed by atoms with Gasteiger partial charge in [-0.2, -0.15) is 5.26 Å². The van der Waals surface area contributed by atoms with Gasteiger partial charge in [0.25, 0.3) is 0 Å². The Labute approximate surface area is 118 Å². The molecule has 20 heavy (non-hydrogen) atoms. The first-order valence-electron chi connectivity index (χ1n) is 6.33. The summed E-state index contributed by atoms with van der Waals surface area (Å²) < 4.78 is 27.7. The largest absolute Gasteiger partial charge is 0.461 e. The van der Waals surface area contributed by atoms with Crippen molar-refractivity contribution in [3.05, 3.63) is 35.4 Å². The summed E-state index contributed by atoms with van der Waals surface area (Å²) >= 11 is 0. The van der Waals surface area contributed by atoms with E-state index in [-0.39, 0.29) is 36.4 Å². The molecule has 0 radical (unpaired) electrons. The molecular weight excluding hydrogens is 278 g/mol. The van der Waals surface area contributed by atoms with Gasteiger partial charge in [0.1, 0.15) is 6.61 Å². The van der Waals surface area contributed by atoms with E-state index in [2.05, 4.69) is 0 Å². The maximum absolute atomic E-state index is 11.6. The minimum Gasteiger partial charge on any atom is -0.461 e. The van der Waals surface area contributed by atoms with Crippen LogP contribution in [0, 0.1) is 17.2 Å². The molecule has 0 amide bonds. The topological polar surface area (TPSA) is 84.2 Å². The molecule has 0 spiro atoms. The highest BCUT2D eigenvalue weighted by Gasteiger charge is 2.29. The third-order valence-electron chi connectivity index (χ3n) is 3.26. The number of sulfone groups is 1. The summed E-state index contributed by atoms with van der Waals surface area (Å²) in [5, 5.41) is 8.66. The Morgan fingerprint density at radius 1 is 1.35 bits per heavy atom. The third-order valence-corrected chi connectivity index (χ3v) is 5.10. The number of nitriles is 1. The molecule has 2 rings (SSSR count). The minimum absolute atomic E-state index is 0.0823. The lowest BCUT2D eigenvalue weighted by molar-refractivity contribution is -0.145. The number of ether oxygens (including phenoxy) is 1. The van der Waals surface area contributed by atoms with Gasteiger partial charge in [-0.15, -0.1) is 0 Å². The highest BCUT2D eigenvalue weighted by atomic mass is 32.2. The first kappa shape index (κ1) is 14.5. The summed E-state index contributed by atoms with van der Waals surface area (Å²) in [6.45, 7) is 0.143. The van der Waals surface area contributed by atoms with E-state index < -0.39 is 9.84 Å². The zero-order valence-corrected chi connectivity index (χ0v) is 11.7. The van der Waals surface area contributed by atoms with Crippen molar-refractivity contribution in [2.24, 2.45) is 5.92 Å². The molecule has 1 saturated heterocycles. The average Bonchev–Trinajstić information content (AvgIpc) is 2.76. The first-order chi connectivity index (χ1) is 9.48. The van der Waals surface area contributed by atoms with E-state index in [0.29, 0.717) is 12.0 Å². The second kappa shape index (κ2) is 6.06. The number of hydrogen-bond donors (Lipinski definition) is 0. The Hall–Kier alpha value is -1.87. The van der Waals surface area contributed by atoms with Crippen molar-refractivity contribution in [3.63, 3.8) is 0 Å². The number of hydrogen-bond acceptors (Lipinski definition) is 5. The molecule has 0 saturated carbocycles. The molecule has 6 heteroatoms. The van der Waals surface area contributed by atoms with Gasteiger partial charge in [-0.25, -0.2) is 8.42 Å². The molecule has 0 bridgehead atoms. The van der Waals surface area contributed by atoms with Crippen LogP contribution in [0.1, 0.15) is 24.0 Å². The zero-order valence-electron chi connectivity index (χ0n) is 10.9. The fourth-order valence-corrected chi connectivity index (χ4v) is 4.03. The maximum Gasteiger partial charge on any atom is 0.306 e. The molecule has 0 aliphatic carbocycles. The lowest BCUT2D eigenvalue weighted by Gasteiger charge is -2.08. The predicted octanol–water partition coefficient (Wildman–Crippen LogP) is 1.43. The minimum atomic E-state index is -2.95. The van der Waals surface area contributed by atoms with Gasteiger partial charge in [-0.05, 0) is 30.0 Å². The second-order valence-corrected chi connectivity index (χ2v) is 7.17. The van der Waals surface area contributed by atoms with Crippen LogP contribution < -0.4 is 0 Å². The van der Waals surface area contributed by atoms with Crippen LogP contribution in [-0.2, 0) is 26.0 Å². The molecule has 1 heterocycles. The fraction of sp³-hybridized carbons (Fsp3) is 0.429. The van der Waals surface area contributed by atoms with Crippen LogP contribution in [0.5, 0.6) is 0 Å². The summed E-state index contributed by atoms with van der Waals surface area (Å²) in [4.78, 5) is 11.6. The molecule has 1 atom stereocenters. The van der Waals surface area contributed by atoms with Crippen molar-refractivity contribution in [1.29, 1.82) is 5.26 Å². The number of esters is 1. The van der Waals surface area contributed by atoms with Gasteiger partial charge >= 0.3 is 5.97 Å². The van der Waals surface area contributed by atoms with Crippen LogP contribution >= 0.6 is 0 Å². The molecule has 0 N–H and O–H groups in total. The smallest absolute Gasteiger partial charge is 0.306 e. The summed E-state index contributed by atoms with van der Waals surface area (Å²) in [6, 6.07) is 8.79. The summed E-state index contributed by atoms with van der Waals surface area (Å²) in [7, 11) is -2.95. The van der Waals surface area contributed by atoms with Gasteiger partial charge < -0.3 is 4.74 Å². The standard InChI is InChI=1S/C14H15NO4S/c15-8-11-1-3-12(4-2-11)9-19-14(16)7-13-5-6-20(17,18)10-13/h1-4,13H,5-7,9-10H2. The van der Waals surface area contributed by atoms with Crippen LogP contribution in [0.2, 0.25) is 0 Å². The monoisotopic (exact) mass is 293 g/mol. The number of nitrogens with zero attached hydrogens (tertiary/aromatic N) is 1. The van der Waals surface area contributed by atoms with Crippen LogP contribution in [0.25, 0.3) is 0 Å². The van der Waals surface area contributed by atoms with E-state index in [4.69, 9.17) is 10.00 Å². The molecule has 0 aromatic heterocycles. The van der Waals surface area contributed by atoms with Crippen LogP contribution in [0.3, 0.4) is 0 Å². The van der Waals surface area contributed by atoms with Gasteiger partial charge in [-0.1, -0.05) is 12.1 Å². The van der Waals surface area contributed by atoms with Crippen molar-refractivity contribution in [2.45, 2.75) is 19.4 Å². The lowest BCUT2D eigenvalue weighted by Crippen LogP contribution is -2.13. The number of benzene rings is 1.